The van der Waals surface area contributed by atoms with Crippen LogP contribution in [0.3, 0.4) is 0 Å². The molecule has 0 aliphatic heterocycles. The number of benzene rings is 2. The molecular weight excluding hydrogens is 600 g/mol. The molecule has 8 nitrogen and oxygen atoms in total. The maximum atomic E-state index is 13.0. The number of hydrogen-bond donors (Lipinski definition) is 0. The van der Waals surface area contributed by atoms with Crippen LogP contribution >= 0.6 is 31.9 Å². The molecule has 0 saturated heterocycles. The molecule has 0 N–H and O–H groups in total. The van der Waals surface area contributed by atoms with Gasteiger partial charge in [-0.3, -0.25) is 9.59 Å². The van der Waals surface area contributed by atoms with Gasteiger partial charge in [-0.2, -0.15) is 0 Å². The highest BCUT2D eigenvalue weighted by Crippen LogP contribution is 2.28. The first-order valence-corrected chi connectivity index (χ1v) is 13.0. The van der Waals surface area contributed by atoms with Gasteiger partial charge < -0.3 is 18.9 Å². The molecule has 36 heavy (non-hydrogen) atoms. The van der Waals surface area contributed by atoms with Crippen molar-refractivity contribution in [2.75, 3.05) is 0 Å². The number of rotatable bonds is 11. The highest BCUT2D eigenvalue weighted by atomic mass is 79.9. The molecule has 0 aliphatic rings. The summed E-state index contributed by atoms with van der Waals surface area (Å²) in [5.41, 5.74) is 1.11. The first-order chi connectivity index (χ1) is 17.0. The molecule has 2 rings (SSSR count). The van der Waals surface area contributed by atoms with Crippen molar-refractivity contribution in [1.29, 1.82) is 0 Å². The smallest absolute Gasteiger partial charge is 0.352 e. The summed E-state index contributed by atoms with van der Waals surface area (Å²) < 4.78 is 21.3. The van der Waals surface area contributed by atoms with E-state index in [4.69, 9.17) is 18.9 Å². The Morgan fingerprint density at radius 3 is 1.11 bits per heavy atom. The Bertz CT molecular complexity index is 943. The van der Waals surface area contributed by atoms with Crippen molar-refractivity contribution in [3.8, 4) is 0 Å². The van der Waals surface area contributed by atoms with E-state index in [1.807, 2.05) is 0 Å². The number of hydrogen-bond acceptors (Lipinski definition) is 8. The Hall–Kier alpha value is -2.72. The molecule has 2 aromatic rings. The second-order valence-electron chi connectivity index (χ2n) is 8.23. The van der Waals surface area contributed by atoms with Gasteiger partial charge in [-0.15, -0.1) is 0 Å². The van der Waals surface area contributed by atoms with Crippen molar-refractivity contribution in [2.45, 2.75) is 61.8 Å². The summed E-state index contributed by atoms with van der Waals surface area (Å²) in [7, 11) is 0. The molecule has 0 heterocycles. The van der Waals surface area contributed by atoms with Gasteiger partial charge >= 0.3 is 23.9 Å². The van der Waals surface area contributed by atoms with Crippen LogP contribution in [0.4, 0.5) is 0 Å². The zero-order valence-corrected chi connectivity index (χ0v) is 23.4. The lowest BCUT2D eigenvalue weighted by molar-refractivity contribution is -0.194. The number of carbonyl (C=O) groups is 4. The van der Waals surface area contributed by atoms with E-state index < -0.39 is 57.9 Å². The van der Waals surface area contributed by atoms with Crippen LogP contribution in [0, 0.1) is 0 Å². The van der Waals surface area contributed by atoms with E-state index in [9.17, 15) is 19.2 Å². The van der Waals surface area contributed by atoms with E-state index in [-0.39, 0.29) is 0 Å². The van der Waals surface area contributed by atoms with Crippen molar-refractivity contribution >= 4 is 55.7 Å². The zero-order chi connectivity index (χ0) is 26.8. The van der Waals surface area contributed by atoms with Crippen LogP contribution in [-0.2, 0) is 38.1 Å². The predicted octanol–water partition coefficient (Wildman–Crippen LogP) is 4.99. The Labute approximate surface area is 226 Å². The first kappa shape index (κ1) is 29.5. The monoisotopic (exact) mass is 626 g/mol. The predicted molar refractivity (Wildman–Crippen MR) is 138 cm³/mol. The summed E-state index contributed by atoms with van der Waals surface area (Å²) in [4.78, 5) is 49.9. The average molecular weight is 628 g/mol. The molecule has 10 heteroatoms. The lowest BCUT2D eigenvalue weighted by Crippen LogP contribution is -2.48. The minimum atomic E-state index is -1.91. The lowest BCUT2D eigenvalue weighted by Gasteiger charge is -2.27. The largest absolute Gasteiger partial charge is 0.460 e. The standard InChI is InChI=1S/C26H28Br2O8/c1-15(2)33-25(31)21(35-23(29)19(27)17-11-7-5-8-12-17)22(26(32)34-16(3)4)36-24(30)20(28)18-13-9-6-10-14-18/h5-16,19-22H,1-4H3/t19?,20?,21-,22-/m1/s1. The van der Waals surface area contributed by atoms with Crippen molar-refractivity contribution < 1.29 is 38.1 Å². The molecule has 0 fully saturated rings. The second-order valence-corrected chi connectivity index (χ2v) is 10.1. The van der Waals surface area contributed by atoms with E-state index >= 15 is 0 Å². The summed E-state index contributed by atoms with van der Waals surface area (Å²) in [6, 6.07) is 17.2. The van der Waals surface area contributed by atoms with E-state index in [1.54, 1.807) is 88.4 Å². The van der Waals surface area contributed by atoms with Gasteiger partial charge in [-0.05, 0) is 38.8 Å². The third kappa shape index (κ3) is 8.74. The van der Waals surface area contributed by atoms with Gasteiger partial charge in [0.05, 0.1) is 12.2 Å². The van der Waals surface area contributed by atoms with Crippen LogP contribution in [0.1, 0.15) is 48.5 Å². The molecule has 0 saturated carbocycles. The molecule has 0 amide bonds. The Morgan fingerprint density at radius 1 is 0.528 bits per heavy atom. The molecule has 0 aliphatic carbocycles. The fourth-order valence-corrected chi connectivity index (χ4v) is 3.78. The van der Waals surface area contributed by atoms with Crippen LogP contribution < -0.4 is 0 Å². The van der Waals surface area contributed by atoms with E-state index in [2.05, 4.69) is 31.9 Å². The molecule has 0 aromatic heterocycles. The molecule has 4 atom stereocenters. The quantitative estimate of drug-likeness (QED) is 0.195. The van der Waals surface area contributed by atoms with Gasteiger partial charge in [0.25, 0.3) is 0 Å². The number of esters is 4. The van der Waals surface area contributed by atoms with Gasteiger partial charge in [0, 0.05) is 0 Å². The van der Waals surface area contributed by atoms with E-state index in [0.717, 1.165) is 0 Å². The summed E-state index contributed by atoms with van der Waals surface area (Å²) >= 11 is 6.51. The third-order valence-electron chi connectivity index (χ3n) is 4.53. The minimum Gasteiger partial charge on any atom is -0.460 e. The third-order valence-corrected chi connectivity index (χ3v) is 6.33. The van der Waals surface area contributed by atoms with Crippen LogP contribution in [0.5, 0.6) is 0 Å². The normalized spacial score (nSPS) is 14.3. The minimum absolute atomic E-state index is 0.557. The number of alkyl halides is 2. The maximum absolute atomic E-state index is 13.0. The average Bonchev–Trinajstić information content (AvgIpc) is 2.84. The van der Waals surface area contributed by atoms with Gasteiger partial charge in [0.1, 0.15) is 9.65 Å². The van der Waals surface area contributed by atoms with Crippen LogP contribution in [0.15, 0.2) is 60.7 Å². The summed E-state index contributed by atoms with van der Waals surface area (Å²) in [6.07, 6.45) is -5.01. The summed E-state index contributed by atoms with van der Waals surface area (Å²) in [5.74, 6) is -3.89. The number of ether oxygens (including phenoxy) is 4. The van der Waals surface area contributed by atoms with Crippen molar-refractivity contribution in [3.63, 3.8) is 0 Å². The molecule has 0 bridgehead atoms. The maximum Gasteiger partial charge on any atom is 0.352 e. The Kier molecular flexibility index (Phi) is 11.6. The van der Waals surface area contributed by atoms with Gasteiger partial charge in [-0.25, -0.2) is 9.59 Å². The molecule has 0 radical (unpaired) electrons. The molecular formula is C26H28Br2O8. The van der Waals surface area contributed by atoms with Crippen molar-refractivity contribution in [3.05, 3.63) is 71.8 Å². The number of halogens is 2. The van der Waals surface area contributed by atoms with Crippen molar-refractivity contribution in [1.82, 2.24) is 0 Å². The topological polar surface area (TPSA) is 105 Å². The summed E-state index contributed by atoms with van der Waals surface area (Å²) in [6.45, 7) is 6.35. The Morgan fingerprint density at radius 2 is 0.833 bits per heavy atom. The van der Waals surface area contributed by atoms with Gasteiger partial charge in [0.2, 0.25) is 12.2 Å². The molecule has 2 unspecified atom stereocenters. The van der Waals surface area contributed by atoms with Crippen LogP contribution in [0.2, 0.25) is 0 Å². The highest BCUT2D eigenvalue weighted by Gasteiger charge is 2.45. The SMILES string of the molecule is CC(C)OC(=O)[C@H](OC(=O)C(Br)c1ccccc1)[C@@H](OC(=O)C(Br)c1ccccc1)C(=O)OC(C)C. The zero-order valence-electron chi connectivity index (χ0n) is 20.3. The highest BCUT2D eigenvalue weighted by molar-refractivity contribution is 9.09. The van der Waals surface area contributed by atoms with Crippen molar-refractivity contribution in [2.24, 2.45) is 0 Å². The Balaban J connectivity index is 2.38. The fourth-order valence-electron chi connectivity index (χ4n) is 2.95. The second kappa shape index (κ2) is 14.1. The molecule has 194 valence electrons. The molecule has 2 aromatic carbocycles. The molecule has 0 spiro atoms. The van der Waals surface area contributed by atoms with E-state index in [0.29, 0.717) is 11.1 Å². The van der Waals surface area contributed by atoms with Gasteiger partial charge in [0.15, 0.2) is 0 Å². The van der Waals surface area contributed by atoms with Gasteiger partial charge in [-0.1, -0.05) is 92.5 Å². The first-order valence-electron chi connectivity index (χ1n) is 11.2. The van der Waals surface area contributed by atoms with E-state index in [1.165, 1.54) is 0 Å². The number of carbonyl (C=O) groups excluding carboxylic acids is 4. The van der Waals surface area contributed by atoms with Crippen LogP contribution in [-0.4, -0.2) is 48.3 Å². The summed E-state index contributed by atoms with van der Waals surface area (Å²) in [5, 5.41) is 0. The fraction of sp³-hybridized carbons (Fsp3) is 0.385. The van der Waals surface area contributed by atoms with Crippen LogP contribution in [0.25, 0.3) is 0 Å². The lowest BCUT2D eigenvalue weighted by atomic mass is 10.1.